The lowest BCUT2D eigenvalue weighted by Gasteiger charge is -2.44. The van der Waals surface area contributed by atoms with Crippen molar-refractivity contribution in [2.24, 2.45) is 0 Å². The van der Waals surface area contributed by atoms with Crippen LogP contribution >= 0.6 is 0 Å². The molecule has 1 atom stereocenters. The third kappa shape index (κ3) is 4.52. The summed E-state index contributed by atoms with van der Waals surface area (Å²) in [5.41, 5.74) is 2.55. The Kier molecular flexibility index (Phi) is 7.10. The number of aromatic nitrogens is 1. The highest BCUT2D eigenvalue weighted by atomic mass is 32.2. The Morgan fingerprint density at radius 1 is 0.943 bits per heavy atom. The fraction of sp³-hybridized carbons (Fsp3) is 0.481. The number of phenols is 1. The van der Waals surface area contributed by atoms with E-state index in [1.54, 1.807) is 30.3 Å². The first-order chi connectivity index (χ1) is 16.5. The maximum atomic E-state index is 13.6. The molecule has 1 aliphatic rings. The molecule has 1 aliphatic heterocycles. The maximum absolute atomic E-state index is 13.6. The number of hydrogen-bond acceptors (Lipinski definition) is 4. The van der Waals surface area contributed by atoms with Crippen LogP contribution in [-0.4, -0.2) is 49.5 Å². The van der Waals surface area contributed by atoms with E-state index in [1.807, 2.05) is 12.1 Å². The summed E-state index contributed by atoms with van der Waals surface area (Å²) in [6.07, 6.45) is 2.60. The highest BCUT2D eigenvalue weighted by Gasteiger charge is 2.45. The van der Waals surface area contributed by atoms with Crippen molar-refractivity contribution in [1.29, 1.82) is 0 Å². The SMILES string of the molecule is CC(C)[Si](C(C)C)(C(C)C)n1ccc2ccc(S(=O)(=O)N3CCC(Oc4ccc(O)cc4)C3)cc21. The summed E-state index contributed by atoms with van der Waals surface area (Å²) >= 11 is 0. The Morgan fingerprint density at radius 3 is 2.17 bits per heavy atom. The molecule has 4 rings (SSSR count). The zero-order valence-corrected chi connectivity index (χ0v) is 23.4. The van der Waals surface area contributed by atoms with Crippen molar-refractivity contribution in [3.05, 3.63) is 54.7 Å². The van der Waals surface area contributed by atoms with Gasteiger partial charge >= 0.3 is 0 Å². The third-order valence-corrected chi connectivity index (χ3v) is 16.4. The zero-order valence-electron chi connectivity index (χ0n) is 21.6. The predicted molar refractivity (Wildman–Crippen MR) is 144 cm³/mol. The van der Waals surface area contributed by atoms with Gasteiger partial charge in [-0.3, -0.25) is 0 Å². The maximum Gasteiger partial charge on any atom is 0.243 e. The fourth-order valence-electron chi connectivity index (χ4n) is 6.32. The number of aromatic hydroxyl groups is 1. The molecule has 0 radical (unpaired) electrons. The second-order valence-corrected chi connectivity index (χ2v) is 18.3. The molecular weight excluding hydrogens is 476 g/mol. The molecule has 3 aromatic rings. The molecule has 0 saturated carbocycles. The average molecular weight is 515 g/mol. The zero-order chi connectivity index (χ0) is 25.5. The van der Waals surface area contributed by atoms with Crippen molar-refractivity contribution in [1.82, 2.24) is 8.54 Å². The topological polar surface area (TPSA) is 71.8 Å². The minimum absolute atomic E-state index is 0.174. The lowest BCUT2D eigenvalue weighted by molar-refractivity contribution is 0.215. The largest absolute Gasteiger partial charge is 0.508 e. The van der Waals surface area contributed by atoms with E-state index >= 15 is 0 Å². The van der Waals surface area contributed by atoms with E-state index < -0.39 is 18.3 Å². The molecule has 0 bridgehead atoms. The van der Waals surface area contributed by atoms with Crippen molar-refractivity contribution in [2.75, 3.05) is 13.1 Å². The highest BCUT2D eigenvalue weighted by molar-refractivity contribution is 7.89. The molecule has 190 valence electrons. The van der Waals surface area contributed by atoms with Gasteiger partial charge in [-0.05, 0) is 77.1 Å². The van der Waals surface area contributed by atoms with Crippen LogP contribution in [0.3, 0.4) is 0 Å². The lowest BCUT2D eigenvalue weighted by Crippen LogP contribution is -2.51. The van der Waals surface area contributed by atoms with Crippen LogP contribution in [0.1, 0.15) is 48.0 Å². The van der Waals surface area contributed by atoms with Crippen molar-refractivity contribution in [3.63, 3.8) is 0 Å². The number of rotatable bonds is 8. The van der Waals surface area contributed by atoms with Gasteiger partial charge in [-0.25, -0.2) is 8.42 Å². The van der Waals surface area contributed by atoms with Gasteiger partial charge in [0.25, 0.3) is 0 Å². The Labute approximate surface area is 210 Å². The Morgan fingerprint density at radius 2 is 1.57 bits per heavy atom. The second kappa shape index (κ2) is 9.63. The van der Waals surface area contributed by atoms with Crippen LogP contribution < -0.4 is 4.74 Å². The number of nitrogens with zero attached hydrogens (tertiary/aromatic N) is 2. The van der Waals surface area contributed by atoms with Gasteiger partial charge in [0, 0.05) is 12.1 Å². The first-order valence-electron chi connectivity index (χ1n) is 12.5. The summed E-state index contributed by atoms with van der Waals surface area (Å²) in [4.78, 5) is 0.342. The summed E-state index contributed by atoms with van der Waals surface area (Å²) < 4.78 is 37.3. The normalized spacial score (nSPS) is 17.8. The lowest BCUT2D eigenvalue weighted by atomic mass is 10.2. The van der Waals surface area contributed by atoms with Gasteiger partial charge in [-0.1, -0.05) is 47.6 Å². The molecule has 8 heteroatoms. The van der Waals surface area contributed by atoms with Gasteiger partial charge in [-0.15, -0.1) is 0 Å². The molecule has 1 N–H and O–H groups in total. The summed E-state index contributed by atoms with van der Waals surface area (Å²) in [7, 11) is -5.66. The molecule has 1 aromatic heterocycles. The summed E-state index contributed by atoms with van der Waals surface area (Å²) in [6.45, 7) is 14.6. The van der Waals surface area contributed by atoms with Crippen LogP contribution in [0.15, 0.2) is 59.6 Å². The Balaban J connectivity index is 1.65. The second-order valence-electron chi connectivity index (χ2n) is 10.6. The average Bonchev–Trinajstić information content (AvgIpc) is 3.43. The monoisotopic (exact) mass is 514 g/mol. The number of hydrogen-bond donors (Lipinski definition) is 1. The predicted octanol–water partition coefficient (Wildman–Crippen LogP) is 6.21. The molecule has 2 heterocycles. The standard InChI is InChI=1S/C27H38N2O4SSi/c1-19(2)35(20(3)4,21(5)6)29-16-13-22-7-12-26(17-27(22)29)34(31,32)28-15-14-25(18-28)33-24-10-8-23(30)9-11-24/h7-13,16-17,19-21,25,30H,14-15,18H2,1-6H3. The van der Waals surface area contributed by atoms with Crippen LogP contribution in [-0.2, 0) is 10.0 Å². The van der Waals surface area contributed by atoms with Crippen LogP contribution in [0.4, 0.5) is 0 Å². The number of ether oxygens (including phenoxy) is 1. The summed E-state index contributed by atoms with van der Waals surface area (Å²) in [6, 6.07) is 14.2. The van der Waals surface area contributed by atoms with Gasteiger partial charge < -0.3 is 14.1 Å². The molecular formula is C27H38N2O4SSi. The van der Waals surface area contributed by atoms with Gasteiger partial charge in [0.05, 0.1) is 11.4 Å². The highest BCUT2D eigenvalue weighted by Crippen LogP contribution is 2.44. The molecule has 1 saturated heterocycles. The molecule has 1 unspecified atom stereocenters. The molecule has 0 amide bonds. The molecule has 0 aliphatic carbocycles. The first kappa shape index (κ1) is 25.8. The minimum Gasteiger partial charge on any atom is -0.508 e. The number of sulfonamides is 1. The van der Waals surface area contributed by atoms with E-state index in [9.17, 15) is 13.5 Å². The van der Waals surface area contributed by atoms with Crippen molar-refractivity contribution in [2.45, 2.75) is 75.6 Å². The van der Waals surface area contributed by atoms with E-state index in [-0.39, 0.29) is 11.9 Å². The van der Waals surface area contributed by atoms with Crippen molar-refractivity contribution < 1.29 is 18.3 Å². The first-order valence-corrected chi connectivity index (χ1v) is 16.2. The Hall–Kier alpha value is -2.29. The van der Waals surface area contributed by atoms with E-state index in [0.29, 0.717) is 46.8 Å². The van der Waals surface area contributed by atoms with Crippen LogP contribution in [0, 0.1) is 0 Å². The minimum atomic E-state index is -3.65. The number of phenolic OH excluding ortho intramolecular Hbond substituents is 1. The van der Waals surface area contributed by atoms with Crippen molar-refractivity contribution in [3.8, 4) is 11.5 Å². The van der Waals surface area contributed by atoms with Crippen LogP contribution in [0.5, 0.6) is 11.5 Å². The van der Waals surface area contributed by atoms with E-state index in [0.717, 1.165) is 10.9 Å². The van der Waals surface area contributed by atoms with Gasteiger partial charge in [0.15, 0.2) is 8.24 Å². The summed E-state index contributed by atoms with van der Waals surface area (Å²) in [5.74, 6) is 0.802. The fourth-order valence-corrected chi connectivity index (χ4v) is 14.4. The Bertz CT molecular complexity index is 1260. The molecule has 0 spiro atoms. The quantitative estimate of drug-likeness (QED) is 0.363. The number of fused-ring (bicyclic) bond motifs is 1. The van der Waals surface area contributed by atoms with Crippen LogP contribution in [0.2, 0.25) is 16.6 Å². The summed E-state index contributed by atoms with van der Waals surface area (Å²) in [5, 5.41) is 10.6. The van der Waals surface area contributed by atoms with E-state index in [1.165, 1.54) is 4.31 Å². The molecule has 1 fully saturated rings. The van der Waals surface area contributed by atoms with E-state index in [2.05, 4.69) is 58.0 Å². The molecule has 35 heavy (non-hydrogen) atoms. The number of benzene rings is 2. The van der Waals surface area contributed by atoms with Crippen molar-refractivity contribution >= 4 is 29.2 Å². The molecule has 6 nitrogen and oxygen atoms in total. The third-order valence-electron chi connectivity index (χ3n) is 7.74. The smallest absolute Gasteiger partial charge is 0.243 e. The van der Waals surface area contributed by atoms with Gasteiger partial charge in [-0.2, -0.15) is 4.31 Å². The molecule has 2 aromatic carbocycles. The van der Waals surface area contributed by atoms with Gasteiger partial charge in [0.2, 0.25) is 10.0 Å². The van der Waals surface area contributed by atoms with Crippen LogP contribution in [0.25, 0.3) is 10.9 Å². The van der Waals surface area contributed by atoms with E-state index in [4.69, 9.17) is 4.74 Å². The van der Waals surface area contributed by atoms with Gasteiger partial charge in [0.1, 0.15) is 17.6 Å².